The number of benzene rings is 1. The lowest BCUT2D eigenvalue weighted by molar-refractivity contribution is -0.0101. The number of hydrogen-bond acceptors (Lipinski definition) is 8. The molecule has 1 aliphatic carbocycles. The van der Waals surface area contributed by atoms with Crippen LogP contribution in [0.2, 0.25) is 0 Å². The summed E-state index contributed by atoms with van der Waals surface area (Å²) in [6, 6.07) is 7.29. The van der Waals surface area contributed by atoms with Gasteiger partial charge < -0.3 is 25.1 Å². The van der Waals surface area contributed by atoms with Gasteiger partial charge in [0.05, 0.1) is 31.6 Å². The Bertz CT molecular complexity index is 1010. The maximum absolute atomic E-state index is 13.5. The molecule has 0 unspecified atom stereocenters. The van der Waals surface area contributed by atoms with E-state index >= 15 is 0 Å². The zero-order valence-corrected chi connectivity index (χ0v) is 15.7. The molecule has 10 heteroatoms. The van der Waals surface area contributed by atoms with Gasteiger partial charge >= 0.3 is 0 Å². The summed E-state index contributed by atoms with van der Waals surface area (Å²) in [6.45, 7) is 0.151. The number of aliphatic hydroxyl groups is 2. The molecule has 0 spiro atoms. The van der Waals surface area contributed by atoms with E-state index in [2.05, 4.69) is 20.2 Å². The first-order chi connectivity index (χ1) is 14.0. The van der Waals surface area contributed by atoms with Crippen LogP contribution in [-0.2, 0) is 4.84 Å². The van der Waals surface area contributed by atoms with Crippen LogP contribution in [0.3, 0.4) is 0 Å². The third-order valence-corrected chi connectivity index (χ3v) is 5.24. The second-order valence-corrected chi connectivity index (χ2v) is 7.04. The second kappa shape index (κ2) is 7.91. The first-order valence-corrected chi connectivity index (χ1v) is 9.15. The van der Waals surface area contributed by atoms with Crippen molar-refractivity contribution in [2.45, 2.75) is 24.7 Å². The normalized spacial score (nSPS) is 24.2. The van der Waals surface area contributed by atoms with Crippen LogP contribution in [0.4, 0.5) is 10.2 Å². The zero-order chi connectivity index (χ0) is 20.5. The van der Waals surface area contributed by atoms with Crippen LogP contribution in [0.1, 0.15) is 6.42 Å². The van der Waals surface area contributed by atoms with Gasteiger partial charge in [-0.15, -0.1) is 0 Å². The Balaban J connectivity index is 1.66. The summed E-state index contributed by atoms with van der Waals surface area (Å²) < 4.78 is 20.4. The second-order valence-electron chi connectivity index (χ2n) is 7.04. The van der Waals surface area contributed by atoms with Crippen LogP contribution in [0.15, 0.2) is 36.5 Å². The van der Waals surface area contributed by atoms with Crippen molar-refractivity contribution in [2.75, 3.05) is 19.0 Å². The van der Waals surface area contributed by atoms with E-state index in [1.54, 1.807) is 28.9 Å². The number of ether oxygens (including phenoxy) is 1. The van der Waals surface area contributed by atoms with E-state index in [1.165, 1.54) is 19.2 Å². The molecule has 0 radical (unpaired) electrons. The van der Waals surface area contributed by atoms with Crippen LogP contribution in [0.25, 0.3) is 16.9 Å². The van der Waals surface area contributed by atoms with Gasteiger partial charge in [-0.1, -0.05) is 0 Å². The summed E-state index contributed by atoms with van der Waals surface area (Å²) in [5.74, 6) is 5.38. The highest BCUT2D eigenvalue weighted by Crippen LogP contribution is 2.32. The Hall–Kier alpha value is -2.79. The highest BCUT2D eigenvalue weighted by Gasteiger charge is 2.41. The standard InChI is InChI=1S/C19H22FN5O4/c1-28-15-7-11(20)2-3-12(15)13-8-17-22-5-4-16(25(17)24-13)23-14-6-10(9-29-21)18(26)19(14)27/h2-5,7-8,10,14,18-19,23,26-27H,6,9,21H2,1H3/t10-,14-,18-,19+/m1/s1. The molecule has 154 valence electrons. The Morgan fingerprint density at radius 1 is 1.28 bits per heavy atom. The minimum atomic E-state index is -0.981. The number of aliphatic hydroxyl groups excluding tert-OH is 2. The predicted octanol–water partition coefficient (Wildman–Crippen LogP) is 0.956. The molecule has 2 aromatic heterocycles. The van der Waals surface area contributed by atoms with Gasteiger partial charge in [-0.3, -0.25) is 0 Å². The van der Waals surface area contributed by atoms with Gasteiger partial charge in [-0.2, -0.15) is 9.61 Å². The van der Waals surface area contributed by atoms with Crippen LogP contribution < -0.4 is 16.0 Å². The Labute approximate surface area is 165 Å². The molecule has 5 N–H and O–H groups in total. The van der Waals surface area contributed by atoms with E-state index in [1.807, 2.05) is 0 Å². The molecule has 4 rings (SSSR count). The molecular formula is C19H22FN5O4. The van der Waals surface area contributed by atoms with Crippen LogP contribution in [-0.4, -0.2) is 56.8 Å². The van der Waals surface area contributed by atoms with Crippen LogP contribution in [0.5, 0.6) is 5.75 Å². The van der Waals surface area contributed by atoms with Crippen molar-refractivity contribution < 1.29 is 24.2 Å². The van der Waals surface area contributed by atoms with Gasteiger partial charge in [0.2, 0.25) is 0 Å². The molecule has 1 aliphatic rings. The average Bonchev–Trinajstić information content (AvgIpc) is 3.26. The van der Waals surface area contributed by atoms with E-state index in [0.717, 1.165) is 0 Å². The fourth-order valence-electron chi connectivity index (χ4n) is 3.76. The molecular weight excluding hydrogens is 381 g/mol. The number of aromatic nitrogens is 3. The molecule has 9 nitrogen and oxygen atoms in total. The molecule has 2 heterocycles. The molecule has 0 aliphatic heterocycles. The molecule has 1 saturated carbocycles. The van der Waals surface area contributed by atoms with E-state index in [0.29, 0.717) is 34.9 Å². The molecule has 1 aromatic carbocycles. The summed E-state index contributed by atoms with van der Waals surface area (Å²) in [4.78, 5) is 8.94. The molecule has 29 heavy (non-hydrogen) atoms. The van der Waals surface area contributed by atoms with Gasteiger partial charge in [-0.25, -0.2) is 15.3 Å². The highest BCUT2D eigenvalue weighted by molar-refractivity contribution is 5.71. The number of nitrogens with two attached hydrogens (primary N) is 1. The molecule has 0 amide bonds. The summed E-state index contributed by atoms with van der Waals surface area (Å²) in [7, 11) is 1.47. The number of nitrogens with zero attached hydrogens (tertiary/aromatic N) is 3. The van der Waals surface area contributed by atoms with Crippen molar-refractivity contribution in [1.82, 2.24) is 14.6 Å². The van der Waals surface area contributed by atoms with E-state index in [9.17, 15) is 14.6 Å². The maximum Gasteiger partial charge on any atom is 0.157 e. The topological polar surface area (TPSA) is 127 Å². The number of rotatable bonds is 6. The third kappa shape index (κ3) is 3.62. The van der Waals surface area contributed by atoms with Gasteiger partial charge in [-0.05, 0) is 24.6 Å². The Morgan fingerprint density at radius 3 is 2.86 bits per heavy atom. The smallest absolute Gasteiger partial charge is 0.157 e. The van der Waals surface area contributed by atoms with Crippen LogP contribution in [0, 0.1) is 11.7 Å². The predicted molar refractivity (Wildman–Crippen MR) is 103 cm³/mol. The SMILES string of the molecule is COc1cc(F)ccc1-c1cc2nccc(N[C@@H]3C[C@H](CON)[C@@H](O)[C@H]3O)n2n1. The van der Waals surface area contributed by atoms with Gasteiger partial charge in [0.15, 0.2) is 5.65 Å². The van der Waals surface area contributed by atoms with E-state index < -0.39 is 24.1 Å². The first-order valence-electron chi connectivity index (χ1n) is 9.15. The summed E-state index contributed by atoms with van der Waals surface area (Å²) >= 11 is 0. The van der Waals surface area contributed by atoms with Crippen molar-refractivity contribution >= 4 is 11.5 Å². The van der Waals surface area contributed by atoms with Gasteiger partial charge in [0, 0.05) is 29.8 Å². The lowest BCUT2D eigenvalue weighted by Gasteiger charge is -2.19. The molecule has 3 aromatic rings. The quantitative estimate of drug-likeness (QED) is 0.448. The first kappa shape index (κ1) is 19.5. The van der Waals surface area contributed by atoms with Crippen molar-refractivity contribution in [3.05, 3.63) is 42.3 Å². The lowest BCUT2D eigenvalue weighted by Crippen LogP contribution is -2.36. The zero-order valence-electron chi connectivity index (χ0n) is 15.7. The van der Waals surface area contributed by atoms with Crippen LogP contribution >= 0.6 is 0 Å². The van der Waals surface area contributed by atoms with E-state index in [4.69, 9.17) is 10.6 Å². The van der Waals surface area contributed by atoms with Gasteiger partial charge in [0.25, 0.3) is 0 Å². The number of hydrogen-bond donors (Lipinski definition) is 4. The van der Waals surface area contributed by atoms with Crippen molar-refractivity contribution in [3.63, 3.8) is 0 Å². The summed E-state index contributed by atoms with van der Waals surface area (Å²) in [6.07, 6.45) is 0.169. The minimum absolute atomic E-state index is 0.151. The number of anilines is 1. The molecule has 1 fully saturated rings. The van der Waals surface area contributed by atoms with Crippen molar-refractivity contribution in [3.8, 4) is 17.0 Å². The highest BCUT2D eigenvalue weighted by atomic mass is 19.1. The van der Waals surface area contributed by atoms with Crippen molar-refractivity contribution in [2.24, 2.45) is 11.8 Å². The monoisotopic (exact) mass is 403 g/mol. The summed E-state index contributed by atoms with van der Waals surface area (Å²) in [5.41, 5.74) is 1.75. The molecule has 4 atom stereocenters. The number of methoxy groups -OCH3 is 1. The maximum atomic E-state index is 13.5. The fourth-order valence-corrected chi connectivity index (χ4v) is 3.76. The number of halogens is 1. The average molecular weight is 403 g/mol. The van der Waals surface area contributed by atoms with E-state index in [-0.39, 0.29) is 12.5 Å². The third-order valence-electron chi connectivity index (χ3n) is 5.24. The number of fused-ring (bicyclic) bond motifs is 1. The molecule has 0 bridgehead atoms. The fraction of sp³-hybridized carbons (Fsp3) is 0.368. The Kier molecular flexibility index (Phi) is 5.33. The lowest BCUT2D eigenvalue weighted by atomic mass is 10.1. The van der Waals surface area contributed by atoms with Gasteiger partial charge in [0.1, 0.15) is 23.5 Å². The van der Waals surface area contributed by atoms with Crippen molar-refractivity contribution in [1.29, 1.82) is 0 Å². The number of nitrogens with one attached hydrogen (secondary N) is 1. The summed E-state index contributed by atoms with van der Waals surface area (Å²) in [5, 5.41) is 28.3. The molecule has 0 saturated heterocycles. The Morgan fingerprint density at radius 2 is 2.10 bits per heavy atom. The largest absolute Gasteiger partial charge is 0.496 e. The minimum Gasteiger partial charge on any atom is -0.496 e.